The number of rotatable bonds is 5. The summed E-state index contributed by atoms with van der Waals surface area (Å²) >= 11 is 1.41. The van der Waals surface area contributed by atoms with E-state index in [-0.39, 0.29) is 54.1 Å². The van der Waals surface area contributed by atoms with E-state index in [2.05, 4.69) is 4.98 Å². The van der Waals surface area contributed by atoms with Crippen LogP contribution < -0.4 is 0 Å². The number of amides is 1. The molecule has 1 saturated carbocycles. The molecule has 1 aliphatic heterocycles. The Morgan fingerprint density at radius 2 is 1.83 bits per heavy atom. The Balaban J connectivity index is 1.49. The maximum Gasteiger partial charge on any atom is 0.340 e. The van der Waals surface area contributed by atoms with Gasteiger partial charge in [0.15, 0.2) is 0 Å². The van der Waals surface area contributed by atoms with Gasteiger partial charge in [0.25, 0.3) is 5.91 Å². The SMILES string of the molecule is Cc1oc(C)c(S(=O)(=O)N2CCN(C(=O)c3cnc(C4CC4)s3)CC2)c1C(=O)O. The van der Waals surface area contributed by atoms with Crippen LogP contribution in [0.15, 0.2) is 15.5 Å². The largest absolute Gasteiger partial charge is 0.478 e. The third-order valence-corrected chi connectivity index (χ3v) is 8.40. The van der Waals surface area contributed by atoms with Crippen molar-refractivity contribution in [2.75, 3.05) is 26.2 Å². The molecule has 1 N–H and O–H groups in total. The highest BCUT2D eigenvalue weighted by molar-refractivity contribution is 7.89. The number of hydrogen-bond donors (Lipinski definition) is 1. The zero-order valence-electron chi connectivity index (χ0n) is 16.0. The molecular weight excluding hydrogens is 418 g/mol. The van der Waals surface area contributed by atoms with Crippen LogP contribution in [0.1, 0.15) is 55.3 Å². The lowest BCUT2D eigenvalue weighted by Crippen LogP contribution is -2.50. The number of furan rings is 1. The molecule has 3 heterocycles. The standard InChI is InChI=1S/C18H21N3O6S2/c1-10-14(18(23)24)15(11(2)27-10)29(25,26)21-7-5-20(6-8-21)17(22)13-9-19-16(28-13)12-3-4-12/h9,12H,3-8H2,1-2H3,(H,23,24). The second kappa shape index (κ2) is 7.22. The number of thiazole rings is 1. The van der Waals surface area contributed by atoms with Gasteiger partial charge in [0, 0.05) is 32.1 Å². The molecule has 29 heavy (non-hydrogen) atoms. The van der Waals surface area contributed by atoms with E-state index in [1.54, 1.807) is 11.1 Å². The van der Waals surface area contributed by atoms with Gasteiger partial charge in [0.05, 0.1) is 11.2 Å². The third kappa shape index (κ3) is 3.58. The lowest BCUT2D eigenvalue weighted by atomic mass is 10.2. The summed E-state index contributed by atoms with van der Waals surface area (Å²) in [6.07, 6.45) is 3.83. The number of hydrogen-bond acceptors (Lipinski definition) is 7. The number of aryl methyl sites for hydroxylation is 2. The van der Waals surface area contributed by atoms with Gasteiger partial charge in [-0.1, -0.05) is 0 Å². The summed E-state index contributed by atoms with van der Waals surface area (Å²) in [7, 11) is -4.05. The lowest BCUT2D eigenvalue weighted by Gasteiger charge is -2.33. The molecule has 0 atom stereocenters. The average molecular weight is 440 g/mol. The zero-order chi connectivity index (χ0) is 20.9. The van der Waals surface area contributed by atoms with Crippen LogP contribution in [0.3, 0.4) is 0 Å². The van der Waals surface area contributed by atoms with Gasteiger partial charge in [-0.2, -0.15) is 4.31 Å². The minimum atomic E-state index is -4.05. The van der Waals surface area contributed by atoms with E-state index >= 15 is 0 Å². The molecule has 11 heteroatoms. The highest BCUT2D eigenvalue weighted by Gasteiger charge is 2.37. The number of piperazine rings is 1. The van der Waals surface area contributed by atoms with Gasteiger partial charge in [-0.3, -0.25) is 4.79 Å². The Morgan fingerprint density at radius 1 is 1.17 bits per heavy atom. The predicted octanol–water partition coefficient (Wildman–Crippen LogP) is 2.08. The number of sulfonamides is 1. The Morgan fingerprint density at radius 3 is 2.41 bits per heavy atom. The molecule has 2 aliphatic rings. The minimum absolute atomic E-state index is 0.0515. The first-order valence-electron chi connectivity index (χ1n) is 9.28. The summed E-state index contributed by atoms with van der Waals surface area (Å²) in [5.74, 6) is -0.903. The zero-order valence-corrected chi connectivity index (χ0v) is 17.7. The monoisotopic (exact) mass is 439 g/mol. The molecule has 2 aromatic rings. The van der Waals surface area contributed by atoms with Crippen molar-refractivity contribution >= 4 is 33.2 Å². The number of aromatic nitrogens is 1. The van der Waals surface area contributed by atoms with Gasteiger partial charge < -0.3 is 14.4 Å². The van der Waals surface area contributed by atoms with Crippen LogP contribution in [0.2, 0.25) is 0 Å². The van der Waals surface area contributed by atoms with Crippen molar-refractivity contribution in [3.05, 3.63) is 33.2 Å². The second-order valence-electron chi connectivity index (χ2n) is 7.26. The van der Waals surface area contributed by atoms with Crippen molar-refractivity contribution in [3.8, 4) is 0 Å². The van der Waals surface area contributed by atoms with E-state index in [4.69, 9.17) is 4.42 Å². The van der Waals surface area contributed by atoms with Gasteiger partial charge in [0.2, 0.25) is 10.0 Å². The summed E-state index contributed by atoms with van der Waals surface area (Å²) in [5, 5.41) is 10.4. The molecule has 0 aromatic carbocycles. The smallest absolute Gasteiger partial charge is 0.340 e. The van der Waals surface area contributed by atoms with Crippen molar-refractivity contribution in [3.63, 3.8) is 0 Å². The van der Waals surface area contributed by atoms with E-state index in [0.717, 1.165) is 17.8 Å². The van der Waals surface area contributed by atoms with E-state index in [1.807, 2.05) is 0 Å². The van der Waals surface area contributed by atoms with Gasteiger partial charge >= 0.3 is 5.97 Å². The van der Waals surface area contributed by atoms with Crippen LogP contribution in [-0.2, 0) is 10.0 Å². The fraction of sp³-hybridized carbons (Fsp3) is 0.500. The molecular formula is C18H21N3O6S2. The normalized spacial score (nSPS) is 18.2. The fourth-order valence-corrected chi connectivity index (χ4v) is 6.39. The Labute approximate surface area is 172 Å². The molecule has 0 spiro atoms. The number of carboxylic acid groups (broad SMARTS) is 1. The quantitative estimate of drug-likeness (QED) is 0.757. The summed E-state index contributed by atoms with van der Waals surface area (Å²) in [6, 6.07) is 0. The van der Waals surface area contributed by atoms with Crippen molar-refractivity contribution in [1.29, 1.82) is 0 Å². The summed E-state index contributed by atoms with van der Waals surface area (Å²) < 4.78 is 32.6. The van der Waals surface area contributed by atoms with Crippen molar-refractivity contribution in [2.24, 2.45) is 0 Å². The minimum Gasteiger partial charge on any atom is -0.478 e. The maximum absolute atomic E-state index is 13.1. The summed E-state index contributed by atoms with van der Waals surface area (Å²) in [6.45, 7) is 3.50. The highest BCUT2D eigenvalue weighted by atomic mass is 32.2. The molecule has 0 unspecified atom stereocenters. The molecule has 1 amide bonds. The average Bonchev–Trinajstić information content (AvgIpc) is 3.32. The van der Waals surface area contributed by atoms with E-state index in [0.29, 0.717) is 10.8 Å². The number of carbonyl (C=O) groups is 2. The van der Waals surface area contributed by atoms with E-state index in [1.165, 1.54) is 29.5 Å². The number of carbonyl (C=O) groups excluding carboxylic acids is 1. The lowest BCUT2D eigenvalue weighted by molar-refractivity contribution is 0.0690. The molecule has 1 saturated heterocycles. The van der Waals surface area contributed by atoms with Crippen LogP contribution >= 0.6 is 11.3 Å². The Hall–Kier alpha value is -2.24. The highest BCUT2D eigenvalue weighted by Crippen LogP contribution is 2.42. The molecule has 156 valence electrons. The summed E-state index contributed by atoms with van der Waals surface area (Å²) in [5.41, 5.74) is -0.335. The second-order valence-corrected chi connectivity index (χ2v) is 10.2. The topological polar surface area (TPSA) is 121 Å². The van der Waals surface area contributed by atoms with Gasteiger partial charge in [-0.05, 0) is 26.7 Å². The van der Waals surface area contributed by atoms with Crippen molar-refractivity contribution < 1.29 is 27.5 Å². The first kappa shape index (κ1) is 20.0. The van der Waals surface area contributed by atoms with Gasteiger partial charge in [-0.25, -0.2) is 18.2 Å². The Bertz CT molecular complexity index is 1080. The maximum atomic E-state index is 13.1. The molecule has 1 aliphatic carbocycles. The van der Waals surface area contributed by atoms with Gasteiger partial charge in [-0.15, -0.1) is 11.3 Å². The Kier molecular flexibility index (Phi) is 4.99. The van der Waals surface area contributed by atoms with E-state index < -0.39 is 16.0 Å². The molecule has 4 rings (SSSR count). The number of nitrogens with zero attached hydrogens (tertiary/aromatic N) is 3. The molecule has 2 fully saturated rings. The molecule has 9 nitrogen and oxygen atoms in total. The molecule has 0 bridgehead atoms. The van der Waals surface area contributed by atoms with Crippen LogP contribution in [0, 0.1) is 13.8 Å². The first-order valence-corrected chi connectivity index (χ1v) is 11.5. The van der Waals surface area contributed by atoms with Crippen LogP contribution in [0.4, 0.5) is 0 Å². The van der Waals surface area contributed by atoms with Crippen LogP contribution in [-0.4, -0.2) is 65.8 Å². The van der Waals surface area contributed by atoms with Gasteiger partial charge in [0.1, 0.15) is 26.9 Å². The predicted molar refractivity (Wildman–Crippen MR) is 104 cm³/mol. The summed E-state index contributed by atoms with van der Waals surface area (Å²) in [4.78, 5) is 30.5. The van der Waals surface area contributed by atoms with Crippen LogP contribution in [0.25, 0.3) is 0 Å². The third-order valence-electron chi connectivity index (χ3n) is 5.20. The fourth-order valence-electron chi connectivity index (χ4n) is 3.54. The first-order chi connectivity index (χ1) is 13.7. The number of carboxylic acids is 1. The molecule has 2 aromatic heterocycles. The molecule has 0 radical (unpaired) electrons. The van der Waals surface area contributed by atoms with Crippen LogP contribution in [0.5, 0.6) is 0 Å². The number of aromatic carboxylic acids is 1. The van der Waals surface area contributed by atoms with Crippen molar-refractivity contribution in [2.45, 2.75) is 37.5 Å². The van der Waals surface area contributed by atoms with E-state index in [9.17, 15) is 23.1 Å². The van der Waals surface area contributed by atoms with Crippen molar-refractivity contribution in [1.82, 2.24) is 14.2 Å².